The highest BCUT2D eigenvalue weighted by Crippen LogP contribution is 2.25. The van der Waals surface area contributed by atoms with E-state index in [0.29, 0.717) is 0 Å². The molecule has 5 nitrogen and oxygen atoms in total. The molecule has 0 aliphatic carbocycles. The molecule has 1 aliphatic heterocycles. The van der Waals surface area contributed by atoms with Crippen LogP contribution in [-0.2, 0) is 4.74 Å². The van der Waals surface area contributed by atoms with E-state index >= 15 is 0 Å². The Kier molecular flexibility index (Phi) is 12.0. The van der Waals surface area contributed by atoms with Gasteiger partial charge in [0.15, 0.2) is 5.96 Å². The van der Waals surface area contributed by atoms with Crippen LogP contribution >= 0.6 is 35.6 Å². The lowest BCUT2D eigenvalue weighted by atomic mass is 10.2. The van der Waals surface area contributed by atoms with Gasteiger partial charge in [-0.2, -0.15) is 0 Å². The van der Waals surface area contributed by atoms with E-state index in [1.54, 1.807) is 7.11 Å². The van der Waals surface area contributed by atoms with E-state index in [9.17, 15) is 0 Å². The molecule has 1 heterocycles. The average Bonchev–Trinajstić information content (AvgIpc) is 2.64. The number of guanidine groups is 1. The first kappa shape index (κ1) is 23.3. The summed E-state index contributed by atoms with van der Waals surface area (Å²) in [4.78, 5) is 9.50. The molecular formula is C19H32ClIN4O. The van der Waals surface area contributed by atoms with Crippen molar-refractivity contribution in [3.8, 4) is 0 Å². The summed E-state index contributed by atoms with van der Waals surface area (Å²) in [6.45, 7) is 8.57. The van der Waals surface area contributed by atoms with Crippen LogP contribution in [0.25, 0.3) is 0 Å². The van der Waals surface area contributed by atoms with Gasteiger partial charge in [0.05, 0.1) is 10.7 Å². The van der Waals surface area contributed by atoms with Crippen molar-refractivity contribution in [2.75, 3.05) is 57.9 Å². The first-order valence-corrected chi connectivity index (χ1v) is 9.65. The van der Waals surface area contributed by atoms with Gasteiger partial charge in [0.1, 0.15) is 0 Å². The van der Waals surface area contributed by atoms with Gasteiger partial charge in [-0.25, -0.2) is 0 Å². The summed E-state index contributed by atoms with van der Waals surface area (Å²) >= 11 is 6.33. The van der Waals surface area contributed by atoms with E-state index in [2.05, 4.69) is 28.1 Å². The Labute approximate surface area is 180 Å². The van der Waals surface area contributed by atoms with Gasteiger partial charge in [-0.05, 0) is 38.3 Å². The quantitative estimate of drug-likeness (QED) is 0.258. The van der Waals surface area contributed by atoms with E-state index in [-0.39, 0.29) is 24.0 Å². The number of halogens is 2. The Hall–Kier alpha value is -0.730. The molecule has 0 aromatic heterocycles. The molecule has 1 aromatic carbocycles. The number of anilines is 1. The lowest BCUT2D eigenvalue weighted by Crippen LogP contribution is -2.52. The van der Waals surface area contributed by atoms with Crippen LogP contribution in [0.3, 0.4) is 0 Å². The van der Waals surface area contributed by atoms with Crippen LogP contribution in [0.5, 0.6) is 0 Å². The minimum Gasteiger partial charge on any atom is -0.385 e. The number of hydrogen-bond donors (Lipinski definition) is 1. The summed E-state index contributed by atoms with van der Waals surface area (Å²) in [6.07, 6.45) is 3.38. The van der Waals surface area contributed by atoms with E-state index in [1.165, 1.54) is 0 Å². The number of rotatable bonds is 8. The summed E-state index contributed by atoms with van der Waals surface area (Å²) in [6, 6.07) is 8.07. The van der Waals surface area contributed by atoms with Gasteiger partial charge >= 0.3 is 0 Å². The van der Waals surface area contributed by atoms with Crippen molar-refractivity contribution in [3.63, 3.8) is 0 Å². The fourth-order valence-corrected chi connectivity index (χ4v) is 3.27. The molecular weight excluding hydrogens is 463 g/mol. The summed E-state index contributed by atoms with van der Waals surface area (Å²) in [7, 11) is 1.75. The first-order chi connectivity index (χ1) is 12.3. The van der Waals surface area contributed by atoms with Crippen LogP contribution in [0.4, 0.5) is 5.69 Å². The highest BCUT2D eigenvalue weighted by molar-refractivity contribution is 14.0. The second-order valence-corrected chi connectivity index (χ2v) is 6.62. The molecule has 0 saturated carbocycles. The summed E-state index contributed by atoms with van der Waals surface area (Å²) < 4.78 is 5.09. The van der Waals surface area contributed by atoms with Crippen LogP contribution in [-0.4, -0.2) is 63.8 Å². The standard InChI is InChI=1S/C19H31ClN4O.HI/c1-3-21-19(22-11-7-4-8-16-25-2)24-14-12-23(13-15-24)18-10-6-5-9-17(18)20;/h5-6,9-10H,3-4,7-8,11-16H2,1-2H3,(H,21,22);1H. The number of hydrogen-bond acceptors (Lipinski definition) is 3. The topological polar surface area (TPSA) is 40.1 Å². The zero-order valence-electron chi connectivity index (χ0n) is 15.9. The molecule has 1 fully saturated rings. The SMILES string of the molecule is CCNC(=NCCCCCOC)N1CCN(c2ccccc2Cl)CC1.I. The lowest BCUT2D eigenvalue weighted by molar-refractivity contribution is 0.192. The number of nitrogens with one attached hydrogen (secondary N) is 1. The second kappa shape index (κ2) is 13.4. The zero-order valence-corrected chi connectivity index (χ0v) is 19.0. The van der Waals surface area contributed by atoms with Crippen molar-refractivity contribution in [1.29, 1.82) is 0 Å². The fourth-order valence-electron chi connectivity index (χ4n) is 3.01. The zero-order chi connectivity index (χ0) is 17.9. The van der Waals surface area contributed by atoms with Gasteiger partial charge in [0, 0.05) is 53.0 Å². The molecule has 1 aliphatic rings. The molecule has 0 atom stereocenters. The van der Waals surface area contributed by atoms with Crippen molar-refractivity contribution >= 4 is 47.2 Å². The Morgan fingerprint density at radius 1 is 1.15 bits per heavy atom. The molecule has 26 heavy (non-hydrogen) atoms. The minimum atomic E-state index is 0. The van der Waals surface area contributed by atoms with Crippen molar-refractivity contribution in [2.24, 2.45) is 4.99 Å². The summed E-state index contributed by atoms with van der Waals surface area (Å²) in [5, 5.41) is 4.25. The van der Waals surface area contributed by atoms with Crippen LogP contribution in [0.15, 0.2) is 29.3 Å². The van der Waals surface area contributed by atoms with Crippen molar-refractivity contribution in [2.45, 2.75) is 26.2 Å². The van der Waals surface area contributed by atoms with Gasteiger partial charge < -0.3 is 19.9 Å². The Morgan fingerprint density at radius 2 is 1.88 bits per heavy atom. The third-order valence-electron chi connectivity index (χ3n) is 4.38. The number of aliphatic imine (C=N–C) groups is 1. The molecule has 0 radical (unpaired) electrons. The fraction of sp³-hybridized carbons (Fsp3) is 0.632. The largest absolute Gasteiger partial charge is 0.385 e. The summed E-state index contributed by atoms with van der Waals surface area (Å²) in [5.74, 6) is 1.04. The number of nitrogens with zero attached hydrogens (tertiary/aromatic N) is 3. The Balaban J connectivity index is 0.00000338. The third-order valence-corrected chi connectivity index (χ3v) is 4.69. The molecule has 0 amide bonds. The monoisotopic (exact) mass is 494 g/mol. The molecule has 7 heteroatoms. The van der Waals surface area contributed by atoms with Crippen molar-refractivity contribution in [3.05, 3.63) is 29.3 Å². The van der Waals surface area contributed by atoms with Crippen LogP contribution < -0.4 is 10.2 Å². The first-order valence-electron chi connectivity index (χ1n) is 9.28. The number of piperazine rings is 1. The minimum absolute atomic E-state index is 0. The number of methoxy groups -OCH3 is 1. The highest BCUT2D eigenvalue weighted by Gasteiger charge is 2.20. The molecule has 0 unspecified atom stereocenters. The second-order valence-electron chi connectivity index (χ2n) is 6.21. The Bertz CT molecular complexity index is 536. The smallest absolute Gasteiger partial charge is 0.194 e. The van der Waals surface area contributed by atoms with E-state index in [4.69, 9.17) is 21.3 Å². The lowest BCUT2D eigenvalue weighted by Gasteiger charge is -2.38. The molecule has 0 spiro atoms. The maximum absolute atomic E-state index is 6.33. The van der Waals surface area contributed by atoms with Gasteiger partial charge in [0.25, 0.3) is 0 Å². The maximum Gasteiger partial charge on any atom is 0.194 e. The normalized spacial score (nSPS) is 15.0. The average molecular weight is 495 g/mol. The number of para-hydroxylation sites is 1. The van der Waals surface area contributed by atoms with Gasteiger partial charge in [-0.15, -0.1) is 24.0 Å². The highest BCUT2D eigenvalue weighted by atomic mass is 127. The number of ether oxygens (including phenoxy) is 1. The van der Waals surface area contributed by atoms with Gasteiger partial charge in [-0.1, -0.05) is 23.7 Å². The third kappa shape index (κ3) is 7.48. The number of benzene rings is 1. The number of unbranched alkanes of at least 4 members (excludes halogenated alkanes) is 2. The van der Waals surface area contributed by atoms with Crippen molar-refractivity contribution < 1.29 is 4.74 Å². The Morgan fingerprint density at radius 3 is 2.54 bits per heavy atom. The molecule has 2 rings (SSSR count). The van der Waals surface area contributed by atoms with E-state index in [0.717, 1.165) is 81.8 Å². The molecule has 148 valence electrons. The molecule has 1 aromatic rings. The van der Waals surface area contributed by atoms with Gasteiger partial charge in [0.2, 0.25) is 0 Å². The molecule has 0 bridgehead atoms. The molecule has 1 N–H and O–H groups in total. The van der Waals surface area contributed by atoms with Crippen LogP contribution in [0.2, 0.25) is 5.02 Å². The van der Waals surface area contributed by atoms with Crippen LogP contribution in [0, 0.1) is 0 Å². The van der Waals surface area contributed by atoms with Crippen LogP contribution in [0.1, 0.15) is 26.2 Å². The van der Waals surface area contributed by atoms with Crippen molar-refractivity contribution in [1.82, 2.24) is 10.2 Å². The van der Waals surface area contributed by atoms with Gasteiger partial charge in [-0.3, -0.25) is 4.99 Å². The summed E-state index contributed by atoms with van der Waals surface area (Å²) in [5.41, 5.74) is 1.13. The predicted molar refractivity (Wildman–Crippen MR) is 122 cm³/mol. The van der Waals surface area contributed by atoms with E-state index in [1.807, 2.05) is 18.2 Å². The maximum atomic E-state index is 6.33. The molecule has 1 saturated heterocycles. The predicted octanol–water partition coefficient (Wildman–Crippen LogP) is 3.86. The van der Waals surface area contributed by atoms with E-state index < -0.39 is 0 Å².